The van der Waals surface area contributed by atoms with Crippen molar-refractivity contribution in [2.24, 2.45) is 0 Å². The molecule has 0 saturated heterocycles. The number of aromatic nitrogens is 1. The molecule has 0 aliphatic heterocycles. The van der Waals surface area contributed by atoms with Crippen LogP contribution in [-0.2, 0) is 0 Å². The Morgan fingerprint density at radius 2 is 1.76 bits per heavy atom. The lowest BCUT2D eigenvalue weighted by Gasteiger charge is -1.99. The average molecular weight is 323 g/mol. The van der Waals surface area contributed by atoms with Crippen LogP contribution in [0.25, 0.3) is 55.1 Å². The van der Waals surface area contributed by atoms with Crippen molar-refractivity contribution in [2.75, 3.05) is 0 Å². The van der Waals surface area contributed by atoms with Crippen LogP contribution in [-0.4, -0.2) is 4.98 Å². The molecule has 0 bridgehead atoms. The Labute approximate surface area is 142 Å². The van der Waals surface area contributed by atoms with Crippen molar-refractivity contribution in [3.63, 3.8) is 0 Å². The Kier molecular flexibility index (Phi) is 2.35. The third kappa shape index (κ3) is 1.69. The summed E-state index contributed by atoms with van der Waals surface area (Å²) in [4.78, 5) is 3.54. The van der Waals surface area contributed by atoms with Gasteiger partial charge in [-0.05, 0) is 47.2 Å². The predicted octanol–water partition coefficient (Wildman–Crippen LogP) is 6.48. The number of H-pyrrole nitrogens is 1. The van der Waals surface area contributed by atoms with Crippen LogP contribution in [0.1, 0.15) is 0 Å². The van der Waals surface area contributed by atoms with E-state index in [2.05, 4.69) is 47.4 Å². The first-order valence-electron chi connectivity index (χ1n) is 8.28. The molecule has 1 N–H and O–H groups in total. The minimum absolute atomic E-state index is 0.859. The second-order valence-corrected chi connectivity index (χ2v) is 6.33. The first-order valence-corrected chi connectivity index (χ1v) is 8.28. The zero-order valence-corrected chi connectivity index (χ0v) is 13.2. The fourth-order valence-corrected chi connectivity index (χ4v) is 3.75. The fourth-order valence-electron chi connectivity index (χ4n) is 3.75. The Bertz CT molecular complexity index is 1380. The summed E-state index contributed by atoms with van der Waals surface area (Å²) < 4.78 is 11.8. The van der Waals surface area contributed by atoms with Gasteiger partial charge in [0.15, 0.2) is 5.58 Å². The normalized spacial score (nSPS) is 12.0. The van der Waals surface area contributed by atoms with Crippen molar-refractivity contribution in [2.45, 2.75) is 0 Å². The zero-order valence-electron chi connectivity index (χ0n) is 13.2. The SMILES string of the molecule is c1coc(-c2ccc3oc4c([nH]c5ccc6ccccc6c54)c3c2)c1. The molecule has 0 radical (unpaired) electrons. The topological polar surface area (TPSA) is 42.1 Å². The second kappa shape index (κ2) is 4.54. The van der Waals surface area contributed by atoms with Crippen LogP contribution in [0.4, 0.5) is 0 Å². The van der Waals surface area contributed by atoms with Gasteiger partial charge in [-0.15, -0.1) is 0 Å². The number of furan rings is 2. The Morgan fingerprint density at radius 3 is 2.68 bits per heavy atom. The van der Waals surface area contributed by atoms with E-state index < -0.39 is 0 Å². The van der Waals surface area contributed by atoms with Gasteiger partial charge < -0.3 is 13.8 Å². The number of fused-ring (bicyclic) bond motifs is 7. The summed E-state index contributed by atoms with van der Waals surface area (Å²) in [7, 11) is 0. The molecule has 3 aromatic heterocycles. The molecule has 3 nitrogen and oxygen atoms in total. The van der Waals surface area contributed by atoms with Crippen LogP contribution in [0.15, 0.2) is 81.8 Å². The Morgan fingerprint density at radius 1 is 0.800 bits per heavy atom. The molecule has 6 aromatic rings. The molecule has 0 fully saturated rings. The van der Waals surface area contributed by atoms with Crippen molar-refractivity contribution in [3.8, 4) is 11.3 Å². The molecule has 3 heteroatoms. The summed E-state index contributed by atoms with van der Waals surface area (Å²) in [6.07, 6.45) is 1.69. The standard InChI is InChI=1S/C22H13NO2/c1-2-5-15-13(4-1)7-9-17-20(15)22-21(23-17)16-12-14(8-10-19(16)25-22)18-6-3-11-24-18/h1-12,23H. The van der Waals surface area contributed by atoms with Crippen LogP contribution >= 0.6 is 0 Å². The molecule has 3 aromatic carbocycles. The highest BCUT2D eigenvalue weighted by Crippen LogP contribution is 2.38. The second-order valence-electron chi connectivity index (χ2n) is 6.33. The molecule has 6 rings (SSSR count). The summed E-state index contributed by atoms with van der Waals surface area (Å²) in [6.45, 7) is 0. The number of hydrogen-bond donors (Lipinski definition) is 1. The Balaban J connectivity index is 1.76. The first-order chi connectivity index (χ1) is 12.4. The molecule has 0 spiro atoms. The highest BCUT2D eigenvalue weighted by molar-refractivity contribution is 6.23. The lowest BCUT2D eigenvalue weighted by atomic mass is 10.1. The van der Waals surface area contributed by atoms with Crippen LogP contribution in [0.3, 0.4) is 0 Å². The van der Waals surface area contributed by atoms with E-state index in [-0.39, 0.29) is 0 Å². The van der Waals surface area contributed by atoms with E-state index in [0.29, 0.717) is 0 Å². The van der Waals surface area contributed by atoms with E-state index in [0.717, 1.165) is 44.3 Å². The number of benzene rings is 3. The van der Waals surface area contributed by atoms with Gasteiger partial charge in [0.05, 0.1) is 22.7 Å². The zero-order chi connectivity index (χ0) is 16.4. The molecular formula is C22H13NO2. The van der Waals surface area contributed by atoms with Gasteiger partial charge in [0.2, 0.25) is 0 Å². The van der Waals surface area contributed by atoms with E-state index in [4.69, 9.17) is 8.83 Å². The van der Waals surface area contributed by atoms with E-state index in [1.54, 1.807) is 6.26 Å². The van der Waals surface area contributed by atoms with Crippen molar-refractivity contribution in [3.05, 3.63) is 73.0 Å². The van der Waals surface area contributed by atoms with E-state index in [9.17, 15) is 0 Å². The van der Waals surface area contributed by atoms with Crippen molar-refractivity contribution in [1.82, 2.24) is 4.98 Å². The van der Waals surface area contributed by atoms with Gasteiger partial charge in [0.25, 0.3) is 0 Å². The van der Waals surface area contributed by atoms with Crippen molar-refractivity contribution in [1.29, 1.82) is 0 Å². The molecule has 0 atom stereocenters. The molecule has 0 amide bonds. The molecule has 3 heterocycles. The lowest BCUT2D eigenvalue weighted by Crippen LogP contribution is -1.75. The van der Waals surface area contributed by atoms with Gasteiger partial charge in [0, 0.05) is 10.9 Å². The van der Waals surface area contributed by atoms with Gasteiger partial charge in [0.1, 0.15) is 11.3 Å². The smallest absolute Gasteiger partial charge is 0.161 e. The summed E-state index contributed by atoms with van der Waals surface area (Å²) in [5.74, 6) is 0.859. The predicted molar refractivity (Wildman–Crippen MR) is 101 cm³/mol. The van der Waals surface area contributed by atoms with Crippen LogP contribution in [0.5, 0.6) is 0 Å². The molecule has 0 saturated carbocycles. The summed E-state index contributed by atoms with van der Waals surface area (Å²) in [5.41, 5.74) is 4.97. The van der Waals surface area contributed by atoms with E-state index in [1.165, 1.54) is 10.8 Å². The maximum absolute atomic E-state index is 6.22. The van der Waals surface area contributed by atoms with Crippen LogP contribution in [0.2, 0.25) is 0 Å². The highest BCUT2D eigenvalue weighted by Gasteiger charge is 2.16. The minimum atomic E-state index is 0.859. The van der Waals surface area contributed by atoms with Gasteiger partial charge in [-0.2, -0.15) is 0 Å². The van der Waals surface area contributed by atoms with Gasteiger partial charge in [-0.3, -0.25) is 0 Å². The number of nitrogens with one attached hydrogen (secondary N) is 1. The van der Waals surface area contributed by atoms with E-state index >= 15 is 0 Å². The number of aromatic amines is 1. The van der Waals surface area contributed by atoms with Crippen LogP contribution in [0, 0.1) is 0 Å². The minimum Gasteiger partial charge on any atom is -0.464 e. The lowest BCUT2D eigenvalue weighted by molar-refractivity contribution is 0.582. The van der Waals surface area contributed by atoms with E-state index in [1.807, 2.05) is 24.3 Å². The maximum Gasteiger partial charge on any atom is 0.161 e. The first kappa shape index (κ1) is 12.9. The summed E-state index contributed by atoms with van der Waals surface area (Å²) >= 11 is 0. The van der Waals surface area contributed by atoms with Crippen molar-refractivity contribution < 1.29 is 8.83 Å². The third-order valence-electron chi connectivity index (χ3n) is 4.91. The third-order valence-corrected chi connectivity index (χ3v) is 4.91. The summed E-state index contributed by atoms with van der Waals surface area (Å²) in [6, 6.07) is 22.7. The molecule has 25 heavy (non-hydrogen) atoms. The molecule has 118 valence electrons. The van der Waals surface area contributed by atoms with Gasteiger partial charge in [-0.25, -0.2) is 0 Å². The van der Waals surface area contributed by atoms with Gasteiger partial charge >= 0.3 is 0 Å². The molecular weight excluding hydrogens is 310 g/mol. The fraction of sp³-hybridized carbons (Fsp3) is 0. The van der Waals surface area contributed by atoms with Crippen molar-refractivity contribution >= 4 is 43.7 Å². The quantitative estimate of drug-likeness (QED) is 0.376. The van der Waals surface area contributed by atoms with Crippen LogP contribution < -0.4 is 0 Å². The highest BCUT2D eigenvalue weighted by atomic mass is 16.3. The molecule has 0 aliphatic carbocycles. The maximum atomic E-state index is 6.22. The largest absolute Gasteiger partial charge is 0.464 e. The monoisotopic (exact) mass is 323 g/mol. The van der Waals surface area contributed by atoms with Gasteiger partial charge in [-0.1, -0.05) is 30.3 Å². The molecule has 0 aliphatic rings. The molecule has 0 unspecified atom stereocenters. The number of rotatable bonds is 1. The Hall–Kier alpha value is -3.46. The average Bonchev–Trinajstić information content (AvgIpc) is 3.36. The number of hydrogen-bond acceptors (Lipinski definition) is 2. The summed E-state index contributed by atoms with van der Waals surface area (Å²) in [5, 5.41) is 4.64.